The molecule has 5 aromatic carbocycles. The monoisotopic (exact) mass is 511 g/mol. The summed E-state index contributed by atoms with van der Waals surface area (Å²) in [4.78, 5) is 14.2. The fraction of sp³-hybridized carbons (Fsp3) is 0. The van der Waals surface area contributed by atoms with Crippen molar-refractivity contribution < 1.29 is 0 Å². The molecule has 0 saturated carbocycles. The van der Waals surface area contributed by atoms with Gasteiger partial charge in [0.05, 0.1) is 11.4 Å². The Morgan fingerprint density at radius 2 is 1.00 bits per heavy atom. The van der Waals surface area contributed by atoms with Gasteiger partial charge < -0.3 is 0 Å². The molecule has 0 aliphatic carbocycles. The van der Waals surface area contributed by atoms with Crippen LogP contribution in [0, 0.1) is 0 Å². The number of hydrogen-bond donors (Lipinski definition) is 0. The topological polar surface area (TPSA) is 38.7 Å². The highest BCUT2D eigenvalue weighted by Gasteiger charge is 2.13. The SMILES string of the molecule is c1ccc(-c2cc(-c3cccc(-c4cc(-c5ccncc5)c5ccccc5c4)c3)nc(-c3ccccc3)n2)cc1. The van der Waals surface area contributed by atoms with Gasteiger partial charge >= 0.3 is 0 Å². The van der Waals surface area contributed by atoms with E-state index in [9.17, 15) is 0 Å². The number of nitrogens with zero attached hydrogens (tertiary/aromatic N) is 3. The summed E-state index contributed by atoms with van der Waals surface area (Å²) in [6, 6.07) is 48.4. The molecule has 0 aliphatic heterocycles. The Kier molecular flexibility index (Phi) is 6.15. The van der Waals surface area contributed by atoms with E-state index in [2.05, 4.69) is 108 Å². The van der Waals surface area contributed by atoms with Crippen LogP contribution in [0.1, 0.15) is 0 Å². The van der Waals surface area contributed by atoms with Crippen molar-refractivity contribution in [3.8, 4) is 56.2 Å². The second kappa shape index (κ2) is 10.4. The molecule has 3 heteroatoms. The number of pyridine rings is 1. The predicted octanol–water partition coefficient (Wildman–Crippen LogP) is 9.36. The van der Waals surface area contributed by atoms with Crippen LogP contribution in [0.4, 0.5) is 0 Å². The Morgan fingerprint density at radius 1 is 0.375 bits per heavy atom. The first-order chi connectivity index (χ1) is 19.8. The Balaban J connectivity index is 1.38. The van der Waals surface area contributed by atoms with E-state index < -0.39 is 0 Å². The van der Waals surface area contributed by atoms with E-state index in [1.165, 1.54) is 16.3 Å². The van der Waals surface area contributed by atoms with E-state index in [0.717, 1.165) is 44.8 Å². The standard InChI is InChI=1S/C37H25N3/c1-3-10-27(11-4-1)35-25-36(40-37(39-35)28-12-5-2-6-13-28)31-16-9-15-29(22-31)32-23-30-14-7-8-17-33(30)34(24-32)26-18-20-38-21-19-26/h1-25H. The summed E-state index contributed by atoms with van der Waals surface area (Å²) in [6.45, 7) is 0. The van der Waals surface area contributed by atoms with Crippen LogP contribution in [0.2, 0.25) is 0 Å². The summed E-state index contributed by atoms with van der Waals surface area (Å²) in [7, 11) is 0. The summed E-state index contributed by atoms with van der Waals surface area (Å²) < 4.78 is 0. The number of rotatable bonds is 5. The molecule has 0 unspecified atom stereocenters. The quantitative estimate of drug-likeness (QED) is 0.231. The molecule has 7 aromatic rings. The molecular formula is C37H25N3. The largest absolute Gasteiger partial charge is 0.265 e. The molecule has 0 N–H and O–H groups in total. The number of benzene rings is 5. The van der Waals surface area contributed by atoms with Gasteiger partial charge in [0.15, 0.2) is 5.82 Å². The van der Waals surface area contributed by atoms with Gasteiger partial charge in [0.25, 0.3) is 0 Å². The average Bonchev–Trinajstić information content (AvgIpc) is 3.05. The van der Waals surface area contributed by atoms with E-state index in [1.807, 2.05) is 48.8 Å². The highest BCUT2D eigenvalue weighted by Crippen LogP contribution is 2.36. The van der Waals surface area contributed by atoms with E-state index in [-0.39, 0.29) is 0 Å². The molecule has 2 heterocycles. The minimum atomic E-state index is 0.716. The Labute approximate surface area is 233 Å². The zero-order chi connectivity index (χ0) is 26.7. The van der Waals surface area contributed by atoms with Crippen molar-refractivity contribution >= 4 is 10.8 Å². The predicted molar refractivity (Wildman–Crippen MR) is 165 cm³/mol. The van der Waals surface area contributed by atoms with Gasteiger partial charge in [0.2, 0.25) is 0 Å². The minimum absolute atomic E-state index is 0.716. The van der Waals surface area contributed by atoms with Crippen molar-refractivity contribution in [2.75, 3.05) is 0 Å². The van der Waals surface area contributed by atoms with Crippen molar-refractivity contribution in [3.05, 3.63) is 152 Å². The summed E-state index contributed by atoms with van der Waals surface area (Å²) in [5.74, 6) is 0.716. The van der Waals surface area contributed by atoms with Crippen molar-refractivity contribution in [2.24, 2.45) is 0 Å². The Hall–Kier alpha value is -5.41. The molecule has 0 aliphatic rings. The van der Waals surface area contributed by atoms with Gasteiger partial charge in [-0.1, -0.05) is 103 Å². The first-order valence-corrected chi connectivity index (χ1v) is 13.4. The van der Waals surface area contributed by atoms with Gasteiger partial charge in [-0.25, -0.2) is 9.97 Å². The van der Waals surface area contributed by atoms with Crippen LogP contribution in [0.5, 0.6) is 0 Å². The van der Waals surface area contributed by atoms with E-state index >= 15 is 0 Å². The first-order valence-electron chi connectivity index (χ1n) is 13.4. The van der Waals surface area contributed by atoms with Crippen LogP contribution in [-0.4, -0.2) is 15.0 Å². The van der Waals surface area contributed by atoms with Crippen LogP contribution < -0.4 is 0 Å². The molecule has 40 heavy (non-hydrogen) atoms. The Morgan fingerprint density at radius 3 is 1.77 bits per heavy atom. The number of hydrogen-bond acceptors (Lipinski definition) is 3. The van der Waals surface area contributed by atoms with Gasteiger partial charge in [0.1, 0.15) is 0 Å². The van der Waals surface area contributed by atoms with Gasteiger partial charge in [0, 0.05) is 29.1 Å². The number of fused-ring (bicyclic) bond motifs is 1. The first kappa shape index (κ1) is 23.7. The van der Waals surface area contributed by atoms with E-state index in [1.54, 1.807) is 0 Å². The maximum atomic E-state index is 5.03. The second-order valence-corrected chi connectivity index (χ2v) is 9.76. The second-order valence-electron chi connectivity index (χ2n) is 9.76. The normalized spacial score (nSPS) is 11.0. The van der Waals surface area contributed by atoms with Crippen LogP contribution in [-0.2, 0) is 0 Å². The van der Waals surface area contributed by atoms with Crippen LogP contribution in [0.3, 0.4) is 0 Å². The lowest BCUT2D eigenvalue weighted by molar-refractivity contribution is 1.18. The van der Waals surface area contributed by atoms with Gasteiger partial charge in [-0.3, -0.25) is 4.98 Å². The van der Waals surface area contributed by atoms with Crippen molar-refractivity contribution in [1.29, 1.82) is 0 Å². The van der Waals surface area contributed by atoms with Crippen LogP contribution in [0.25, 0.3) is 66.9 Å². The zero-order valence-electron chi connectivity index (χ0n) is 21.8. The molecule has 0 fully saturated rings. The van der Waals surface area contributed by atoms with Gasteiger partial charge in [-0.15, -0.1) is 0 Å². The number of aromatic nitrogens is 3. The summed E-state index contributed by atoms with van der Waals surface area (Å²) in [5.41, 5.74) is 9.55. The summed E-state index contributed by atoms with van der Waals surface area (Å²) in [6.07, 6.45) is 3.70. The lowest BCUT2D eigenvalue weighted by atomic mass is 9.92. The van der Waals surface area contributed by atoms with Crippen molar-refractivity contribution in [3.63, 3.8) is 0 Å². The minimum Gasteiger partial charge on any atom is -0.265 e. The smallest absolute Gasteiger partial charge is 0.160 e. The molecule has 0 radical (unpaired) electrons. The molecule has 0 amide bonds. The third kappa shape index (κ3) is 4.65. The maximum absolute atomic E-state index is 5.03. The molecular weight excluding hydrogens is 486 g/mol. The van der Waals surface area contributed by atoms with Crippen LogP contribution in [0.15, 0.2) is 152 Å². The molecule has 188 valence electrons. The van der Waals surface area contributed by atoms with E-state index in [0.29, 0.717) is 5.82 Å². The van der Waals surface area contributed by atoms with Gasteiger partial charge in [-0.2, -0.15) is 0 Å². The molecule has 0 atom stereocenters. The average molecular weight is 512 g/mol. The molecule has 0 spiro atoms. The third-order valence-electron chi connectivity index (χ3n) is 7.17. The Bertz CT molecular complexity index is 1870. The van der Waals surface area contributed by atoms with Crippen molar-refractivity contribution in [2.45, 2.75) is 0 Å². The van der Waals surface area contributed by atoms with E-state index in [4.69, 9.17) is 9.97 Å². The molecule has 0 bridgehead atoms. The summed E-state index contributed by atoms with van der Waals surface area (Å²) in [5, 5.41) is 2.43. The molecule has 2 aromatic heterocycles. The lowest BCUT2D eigenvalue weighted by Gasteiger charge is -2.13. The van der Waals surface area contributed by atoms with Crippen molar-refractivity contribution in [1.82, 2.24) is 15.0 Å². The third-order valence-corrected chi connectivity index (χ3v) is 7.17. The highest BCUT2D eigenvalue weighted by molar-refractivity contribution is 6.00. The molecule has 7 rings (SSSR count). The molecule has 0 saturated heterocycles. The zero-order valence-corrected chi connectivity index (χ0v) is 21.8. The van der Waals surface area contributed by atoms with Crippen LogP contribution >= 0.6 is 0 Å². The maximum Gasteiger partial charge on any atom is 0.160 e. The lowest BCUT2D eigenvalue weighted by Crippen LogP contribution is -1.96. The molecule has 3 nitrogen and oxygen atoms in total. The highest BCUT2D eigenvalue weighted by atomic mass is 14.9. The fourth-order valence-electron chi connectivity index (χ4n) is 5.17. The summed E-state index contributed by atoms with van der Waals surface area (Å²) >= 11 is 0. The van der Waals surface area contributed by atoms with Gasteiger partial charge in [-0.05, 0) is 69.4 Å². The fourth-order valence-corrected chi connectivity index (χ4v) is 5.17.